The molecule has 3 rings (SSSR count). The van der Waals surface area contributed by atoms with Gasteiger partial charge in [0, 0.05) is 25.8 Å². The van der Waals surface area contributed by atoms with Crippen LogP contribution < -0.4 is 5.32 Å². The minimum atomic E-state index is -0.704. The van der Waals surface area contributed by atoms with Gasteiger partial charge in [-0.1, -0.05) is 6.07 Å². The van der Waals surface area contributed by atoms with Crippen LogP contribution in [0.5, 0.6) is 0 Å². The molecule has 1 aliphatic heterocycles. The van der Waals surface area contributed by atoms with Crippen molar-refractivity contribution >= 4 is 5.91 Å². The van der Waals surface area contributed by atoms with E-state index in [0.717, 1.165) is 17.8 Å². The van der Waals surface area contributed by atoms with E-state index >= 15 is 0 Å². The van der Waals surface area contributed by atoms with Crippen molar-refractivity contribution in [3.8, 4) is 0 Å². The summed E-state index contributed by atoms with van der Waals surface area (Å²) in [6.45, 7) is 0.533. The smallest absolute Gasteiger partial charge is 0.224 e. The maximum Gasteiger partial charge on any atom is 0.224 e. The Morgan fingerprint density at radius 2 is 2.29 bits per heavy atom. The zero-order valence-electron chi connectivity index (χ0n) is 13.3. The third-order valence-electron chi connectivity index (χ3n) is 4.20. The summed E-state index contributed by atoms with van der Waals surface area (Å²) in [5.41, 5.74) is 1.14. The Balaban J connectivity index is 1.59. The van der Waals surface area contributed by atoms with Crippen molar-refractivity contribution in [1.82, 2.24) is 14.9 Å². The summed E-state index contributed by atoms with van der Waals surface area (Å²) in [6, 6.07) is 3.19. The summed E-state index contributed by atoms with van der Waals surface area (Å²) in [7, 11) is 1.89. The predicted octanol–water partition coefficient (Wildman–Crippen LogP) is 2.28. The summed E-state index contributed by atoms with van der Waals surface area (Å²) in [5, 5.41) is 2.91. The quantitative estimate of drug-likeness (QED) is 0.933. The summed E-state index contributed by atoms with van der Waals surface area (Å²) >= 11 is 0. The normalized spacial score (nSPS) is 20.8. The van der Waals surface area contributed by atoms with Crippen molar-refractivity contribution < 1.29 is 18.3 Å². The molecule has 1 amide bonds. The lowest BCUT2D eigenvalue weighted by Gasteiger charge is -2.30. The predicted molar refractivity (Wildman–Crippen MR) is 83.1 cm³/mol. The Hall–Kier alpha value is -2.28. The standard InChI is InChI=1S/C17H19F2N3O2/c1-22-10-20-9-15(22)16-8-13(4-5-24-16)21-17(23)6-11-2-3-12(18)7-14(11)19/h2-3,7,9-10,13,16H,4-6,8H2,1H3,(H,21,23)/t13-,16-/m1/s1. The van der Waals surface area contributed by atoms with Gasteiger partial charge in [-0.2, -0.15) is 0 Å². The van der Waals surface area contributed by atoms with Crippen LogP contribution in [0.1, 0.15) is 30.2 Å². The fourth-order valence-corrected chi connectivity index (χ4v) is 2.93. The van der Waals surface area contributed by atoms with Crippen LogP contribution in [0.2, 0.25) is 0 Å². The number of amides is 1. The topological polar surface area (TPSA) is 56.2 Å². The van der Waals surface area contributed by atoms with E-state index in [-0.39, 0.29) is 30.0 Å². The van der Waals surface area contributed by atoms with Crippen molar-refractivity contribution in [1.29, 1.82) is 0 Å². The van der Waals surface area contributed by atoms with Gasteiger partial charge < -0.3 is 14.6 Å². The minimum absolute atomic E-state index is 0.0466. The molecule has 2 atom stereocenters. The van der Waals surface area contributed by atoms with E-state index in [1.54, 1.807) is 12.5 Å². The molecule has 128 valence electrons. The van der Waals surface area contributed by atoms with Crippen molar-refractivity contribution in [3.63, 3.8) is 0 Å². The van der Waals surface area contributed by atoms with Crippen molar-refractivity contribution in [2.75, 3.05) is 6.61 Å². The van der Waals surface area contributed by atoms with Crippen LogP contribution in [0, 0.1) is 11.6 Å². The van der Waals surface area contributed by atoms with Crippen molar-refractivity contribution in [2.24, 2.45) is 7.05 Å². The molecule has 0 radical (unpaired) electrons. The lowest BCUT2D eigenvalue weighted by atomic mass is 10.0. The lowest BCUT2D eigenvalue weighted by Crippen LogP contribution is -2.40. The third kappa shape index (κ3) is 3.79. The Morgan fingerprint density at radius 1 is 1.46 bits per heavy atom. The highest BCUT2D eigenvalue weighted by molar-refractivity contribution is 5.78. The molecule has 0 aliphatic carbocycles. The molecular weight excluding hydrogens is 316 g/mol. The zero-order chi connectivity index (χ0) is 17.1. The number of aromatic nitrogens is 2. The summed E-state index contributed by atoms with van der Waals surface area (Å²) < 4.78 is 34.2. The van der Waals surface area contributed by atoms with Gasteiger partial charge in [0.15, 0.2) is 0 Å². The first-order valence-corrected chi connectivity index (χ1v) is 7.84. The molecular formula is C17H19F2N3O2. The number of benzene rings is 1. The third-order valence-corrected chi connectivity index (χ3v) is 4.20. The van der Waals surface area contributed by atoms with Gasteiger partial charge >= 0.3 is 0 Å². The molecule has 1 N–H and O–H groups in total. The molecule has 0 bridgehead atoms. The van der Waals surface area contributed by atoms with Gasteiger partial charge in [-0.3, -0.25) is 4.79 Å². The van der Waals surface area contributed by atoms with Crippen LogP contribution in [0.15, 0.2) is 30.7 Å². The summed E-state index contributed by atoms with van der Waals surface area (Å²) in [4.78, 5) is 16.2. The molecule has 7 heteroatoms. The molecule has 0 spiro atoms. The van der Waals surface area contributed by atoms with Crippen LogP contribution in [0.25, 0.3) is 0 Å². The molecule has 1 aliphatic rings. The first-order valence-electron chi connectivity index (χ1n) is 7.84. The van der Waals surface area contributed by atoms with Gasteiger partial charge in [-0.25, -0.2) is 13.8 Å². The number of ether oxygens (including phenoxy) is 1. The van der Waals surface area contributed by atoms with Crippen LogP contribution in [0.4, 0.5) is 8.78 Å². The average molecular weight is 335 g/mol. The maximum atomic E-state index is 13.6. The van der Waals surface area contributed by atoms with Crippen LogP contribution >= 0.6 is 0 Å². The zero-order valence-corrected chi connectivity index (χ0v) is 13.3. The second-order valence-electron chi connectivity index (χ2n) is 5.99. The highest BCUT2D eigenvalue weighted by atomic mass is 19.1. The maximum absolute atomic E-state index is 13.6. The molecule has 0 saturated carbocycles. The first-order chi connectivity index (χ1) is 11.5. The number of aryl methyl sites for hydroxylation is 1. The Labute approximate surface area is 138 Å². The number of carbonyl (C=O) groups excluding carboxylic acids is 1. The SMILES string of the molecule is Cn1cncc1[C@H]1C[C@H](NC(=O)Cc2ccc(F)cc2F)CCO1. The van der Waals surface area contributed by atoms with Crippen LogP contribution in [-0.4, -0.2) is 28.1 Å². The fourth-order valence-electron chi connectivity index (χ4n) is 2.93. The first kappa shape index (κ1) is 16.6. The van der Waals surface area contributed by atoms with E-state index in [9.17, 15) is 13.6 Å². The van der Waals surface area contributed by atoms with Gasteiger partial charge in [-0.05, 0) is 24.5 Å². The number of rotatable bonds is 4. The minimum Gasteiger partial charge on any atom is -0.372 e. The van der Waals surface area contributed by atoms with E-state index in [0.29, 0.717) is 19.4 Å². The van der Waals surface area contributed by atoms with Gasteiger partial charge in [0.2, 0.25) is 5.91 Å². The van der Waals surface area contributed by atoms with Gasteiger partial charge in [0.05, 0.1) is 24.6 Å². The Bertz CT molecular complexity index is 732. The number of nitrogens with zero attached hydrogens (tertiary/aromatic N) is 2. The highest BCUT2D eigenvalue weighted by Crippen LogP contribution is 2.27. The number of imidazole rings is 1. The highest BCUT2D eigenvalue weighted by Gasteiger charge is 2.27. The molecule has 1 aromatic heterocycles. The molecule has 1 fully saturated rings. The number of carbonyl (C=O) groups is 1. The number of nitrogens with one attached hydrogen (secondary N) is 1. The van der Waals surface area contributed by atoms with Crippen LogP contribution in [-0.2, 0) is 23.0 Å². The molecule has 1 saturated heterocycles. The molecule has 1 aromatic carbocycles. The molecule has 2 aromatic rings. The Kier molecular flexibility index (Phi) is 4.89. The molecule has 2 heterocycles. The monoisotopic (exact) mass is 335 g/mol. The average Bonchev–Trinajstić information content (AvgIpc) is 2.96. The largest absolute Gasteiger partial charge is 0.372 e. The van der Waals surface area contributed by atoms with Gasteiger partial charge in [-0.15, -0.1) is 0 Å². The van der Waals surface area contributed by atoms with Crippen LogP contribution in [0.3, 0.4) is 0 Å². The number of hydrogen-bond acceptors (Lipinski definition) is 3. The Morgan fingerprint density at radius 3 is 3.00 bits per heavy atom. The molecule has 5 nitrogen and oxygen atoms in total. The van der Waals surface area contributed by atoms with E-state index in [1.807, 2.05) is 11.6 Å². The summed E-state index contributed by atoms with van der Waals surface area (Å²) in [5.74, 6) is -1.64. The molecule has 24 heavy (non-hydrogen) atoms. The fraction of sp³-hybridized carbons (Fsp3) is 0.412. The van der Waals surface area contributed by atoms with E-state index in [2.05, 4.69) is 10.3 Å². The van der Waals surface area contributed by atoms with E-state index in [4.69, 9.17) is 4.74 Å². The van der Waals surface area contributed by atoms with Gasteiger partial charge in [0.25, 0.3) is 0 Å². The van der Waals surface area contributed by atoms with Gasteiger partial charge in [0.1, 0.15) is 17.7 Å². The van der Waals surface area contributed by atoms with Crippen molar-refractivity contribution in [3.05, 3.63) is 53.6 Å². The second-order valence-corrected chi connectivity index (χ2v) is 5.99. The number of hydrogen-bond donors (Lipinski definition) is 1. The number of halogens is 2. The van der Waals surface area contributed by atoms with Crippen molar-refractivity contribution in [2.45, 2.75) is 31.4 Å². The lowest BCUT2D eigenvalue weighted by molar-refractivity contribution is -0.122. The summed E-state index contributed by atoms with van der Waals surface area (Å²) in [6.07, 6.45) is 4.56. The van der Waals surface area contributed by atoms with E-state index in [1.165, 1.54) is 6.07 Å². The van der Waals surface area contributed by atoms with E-state index < -0.39 is 11.6 Å². The second kappa shape index (κ2) is 7.09. The molecule has 0 unspecified atom stereocenters.